The number of hydrogen-bond acceptors (Lipinski definition) is 3. The van der Waals surface area contributed by atoms with Crippen molar-refractivity contribution in [3.8, 4) is 11.8 Å². The third-order valence-corrected chi connectivity index (χ3v) is 2.76. The molecule has 1 aliphatic rings. The molecule has 0 spiro atoms. The van der Waals surface area contributed by atoms with Crippen molar-refractivity contribution < 1.29 is 42.5 Å². The Morgan fingerprint density at radius 1 is 1.61 bits per heavy atom. The van der Waals surface area contributed by atoms with Gasteiger partial charge in [0.05, 0.1) is 13.5 Å². The molecular formula is C13H16INO3. The SMILES string of the molecule is COC(=O)C#CCCCc1c[n+]2c(o1)CCC2.[I-]. The average molecular weight is 361 g/mol. The zero-order valence-electron chi connectivity index (χ0n) is 10.4. The van der Waals surface area contributed by atoms with Crippen molar-refractivity contribution in [3.05, 3.63) is 17.8 Å². The average Bonchev–Trinajstić information content (AvgIpc) is 2.88. The van der Waals surface area contributed by atoms with Crippen LogP contribution < -0.4 is 28.5 Å². The van der Waals surface area contributed by atoms with E-state index < -0.39 is 5.97 Å². The number of aromatic nitrogens is 1. The van der Waals surface area contributed by atoms with Gasteiger partial charge in [-0.25, -0.2) is 4.79 Å². The van der Waals surface area contributed by atoms with E-state index in [0.29, 0.717) is 6.42 Å². The fourth-order valence-electron chi connectivity index (χ4n) is 1.92. The molecule has 4 nitrogen and oxygen atoms in total. The maximum absolute atomic E-state index is 10.7. The Labute approximate surface area is 124 Å². The summed E-state index contributed by atoms with van der Waals surface area (Å²) in [6.07, 6.45) is 6.76. The fraction of sp³-hybridized carbons (Fsp3) is 0.538. The summed E-state index contributed by atoms with van der Waals surface area (Å²) in [5.41, 5.74) is 0. The fourth-order valence-corrected chi connectivity index (χ4v) is 1.92. The first-order valence-corrected chi connectivity index (χ1v) is 5.87. The Morgan fingerprint density at radius 3 is 3.17 bits per heavy atom. The number of esters is 1. The molecule has 0 unspecified atom stereocenters. The Bertz CT molecular complexity index is 449. The van der Waals surface area contributed by atoms with E-state index in [0.717, 1.165) is 37.5 Å². The molecule has 0 radical (unpaired) electrons. The van der Waals surface area contributed by atoms with E-state index in [1.807, 2.05) is 0 Å². The lowest BCUT2D eigenvalue weighted by Crippen LogP contribution is -3.00. The number of hydrogen-bond donors (Lipinski definition) is 0. The second kappa shape index (κ2) is 7.41. The van der Waals surface area contributed by atoms with Crippen LogP contribution in [-0.2, 0) is 28.9 Å². The zero-order valence-corrected chi connectivity index (χ0v) is 12.5. The molecule has 0 N–H and O–H groups in total. The molecule has 0 fully saturated rings. The molecule has 2 rings (SSSR count). The minimum Gasteiger partial charge on any atom is -1.00 e. The molecule has 0 saturated carbocycles. The minimum absolute atomic E-state index is 0. The highest BCUT2D eigenvalue weighted by atomic mass is 127. The number of carbonyl (C=O) groups excluding carboxylic acids is 1. The molecule has 0 aliphatic carbocycles. The highest BCUT2D eigenvalue weighted by Gasteiger charge is 2.24. The number of ether oxygens (including phenoxy) is 1. The van der Waals surface area contributed by atoms with Gasteiger partial charge in [0.25, 0.3) is 0 Å². The Balaban J connectivity index is 0.00000162. The van der Waals surface area contributed by atoms with E-state index in [1.165, 1.54) is 13.5 Å². The molecule has 0 atom stereocenters. The van der Waals surface area contributed by atoms with Crippen molar-refractivity contribution in [1.82, 2.24) is 0 Å². The van der Waals surface area contributed by atoms with E-state index in [-0.39, 0.29) is 24.0 Å². The van der Waals surface area contributed by atoms with Crippen LogP contribution in [0.15, 0.2) is 10.6 Å². The summed E-state index contributed by atoms with van der Waals surface area (Å²) in [5, 5.41) is 0. The van der Waals surface area contributed by atoms with Crippen molar-refractivity contribution >= 4 is 5.97 Å². The predicted molar refractivity (Wildman–Crippen MR) is 60.0 cm³/mol. The normalized spacial score (nSPS) is 12.1. The number of unbranched alkanes of at least 4 members (excludes halogenated alkanes) is 1. The molecule has 5 heteroatoms. The number of carbonyl (C=O) groups is 1. The molecule has 98 valence electrons. The van der Waals surface area contributed by atoms with Crippen LogP contribution in [0.5, 0.6) is 0 Å². The van der Waals surface area contributed by atoms with Crippen molar-refractivity contribution in [2.75, 3.05) is 7.11 Å². The first-order chi connectivity index (χ1) is 8.29. The van der Waals surface area contributed by atoms with Crippen molar-refractivity contribution in [3.63, 3.8) is 0 Å². The van der Waals surface area contributed by atoms with Gasteiger partial charge in [0, 0.05) is 25.2 Å². The Morgan fingerprint density at radius 2 is 2.44 bits per heavy atom. The standard InChI is InChI=1S/C13H16NO3.HI/c1-16-13(15)8-4-2-3-6-11-10-14-9-5-7-12(14)17-11;/h10H,2-3,5-7,9H2,1H3;1H/q+1;/p-1. The Kier molecular flexibility index (Phi) is 6.19. The van der Waals surface area contributed by atoms with Crippen LogP contribution in [0.2, 0.25) is 0 Å². The van der Waals surface area contributed by atoms with Gasteiger partial charge >= 0.3 is 11.9 Å². The molecule has 0 amide bonds. The number of oxazole rings is 1. The quantitative estimate of drug-likeness (QED) is 0.157. The predicted octanol–water partition coefficient (Wildman–Crippen LogP) is -1.98. The summed E-state index contributed by atoms with van der Waals surface area (Å²) >= 11 is 0. The first-order valence-electron chi connectivity index (χ1n) is 5.87. The molecule has 0 aromatic carbocycles. The molecule has 1 aromatic rings. The molecule has 2 heterocycles. The topological polar surface area (TPSA) is 43.3 Å². The van der Waals surface area contributed by atoms with E-state index in [4.69, 9.17) is 4.42 Å². The number of methoxy groups -OCH3 is 1. The van der Waals surface area contributed by atoms with Gasteiger partial charge in [-0.2, -0.15) is 4.57 Å². The third kappa shape index (κ3) is 4.02. The summed E-state index contributed by atoms with van der Waals surface area (Å²) in [5.74, 6) is 6.82. The number of rotatable bonds is 3. The lowest BCUT2D eigenvalue weighted by atomic mass is 10.2. The van der Waals surface area contributed by atoms with Gasteiger partial charge in [0.2, 0.25) is 6.20 Å². The lowest BCUT2D eigenvalue weighted by molar-refractivity contribution is -0.693. The number of aryl methyl sites for hydroxylation is 3. The highest BCUT2D eigenvalue weighted by Crippen LogP contribution is 2.12. The largest absolute Gasteiger partial charge is 1.00 e. The summed E-state index contributed by atoms with van der Waals surface area (Å²) in [6, 6.07) is 0. The van der Waals surface area contributed by atoms with Crippen LogP contribution in [-0.4, -0.2) is 13.1 Å². The lowest BCUT2D eigenvalue weighted by Gasteiger charge is -1.89. The van der Waals surface area contributed by atoms with Gasteiger partial charge in [-0.05, 0) is 6.42 Å². The van der Waals surface area contributed by atoms with Crippen LogP contribution in [0, 0.1) is 11.8 Å². The molecule has 18 heavy (non-hydrogen) atoms. The van der Waals surface area contributed by atoms with Gasteiger partial charge in [-0.15, -0.1) is 0 Å². The second-order valence-electron chi connectivity index (χ2n) is 4.04. The van der Waals surface area contributed by atoms with Crippen LogP contribution in [0.1, 0.15) is 30.9 Å². The van der Waals surface area contributed by atoms with E-state index in [2.05, 4.69) is 27.3 Å². The smallest absolute Gasteiger partial charge is 0.384 e. The number of fused-ring (bicyclic) bond motifs is 1. The van der Waals surface area contributed by atoms with Gasteiger partial charge < -0.3 is 33.1 Å². The molecule has 0 saturated heterocycles. The monoisotopic (exact) mass is 361 g/mol. The van der Waals surface area contributed by atoms with Gasteiger partial charge in [-0.1, -0.05) is 5.92 Å². The highest BCUT2D eigenvalue weighted by molar-refractivity contribution is 5.88. The summed E-state index contributed by atoms with van der Waals surface area (Å²) in [4.78, 5) is 10.7. The van der Waals surface area contributed by atoms with Crippen LogP contribution in [0.4, 0.5) is 0 Å². The zero-order chi connectivity index (χ0) is 12.1. The molecule has 1 aliphatic heterocycles. The van der Waals surface area contributed by atoms with Crippen LogP contribution in [0.25, 0.3) is 0 Å². The Hall–Kier alpha value is -1.03. The van der Waals surface area contributed by atoms with Crippen molar-refractivity contribution in [2.45, 2.75) is 38.6 Å². The molecule has 0 bridgehead atoms. The van der Waals surface area contributed by atoms with E-state index in [1.54, 1.807) is 0 Å². The maximum Gasteiger partial charge on any atom is 0.384 e. The molecule has 1 aromatic heterocycles. The number of halogens is 1. The van der Waals surface area contributed by atoms with Crippen molar-refractivity contribution in [1.29, 1.82) is 0 Å². The van der Waals surface area contributed by atoms with Gasteiger partial charge in [0.1, 0.15) is 0 Å². The van der Waals surface area contributed by atoms with Gasteiger partial charge in [0.15, 0.2) is 12.3 Å². The second-order valence-corrected chi connectivity index (χ2v) is 4.04. The maximum atomic E-state index is 10.7. The van der Waals surface area contributed by atoms with Crippen LogP contribution >= 0.6 is 0 Å². The summed E-state index contributed by atoms with van der Waals surface area (Å²) in [7, 11) is 1.33. The number of nitrogens with zero attached hydrogens (tertiary/aromatic N) is 1. The van der Waals surface area contributed by atoms with E-state index in [9.17, 15) is 4.79 Å². The summed E-state index contributed by atoms with van der Waals surface area (Å²) in [6.45, 7) is 1.07. The van der Waals surface area contributed by atoms with E-state index >= 15 is 0 Å². The molecular weight excluding hydrogens is 345 g/mol. The van der Waals surface area contributed by atoms with Crippen molar-refractivity contribution in [2.24, 2.45) is 0 Å². The van der Waals surface area contributed by atoms with Crippen LogP contribution in [0.3, 0.4) is 0 Å². The first kappa shape index (κ1) is 15.0. The van der Waals surface area contributed by atoms with Gasteiger partial charge in [-0.3, -0.25) is 0 Å². The summed E-state index contributed by atoms with van der Waals surface area (Å²) < 4.78 is 12.3. The minimum atomic E-state index is -0.475. The third-order valence-electron chi connectivity index (χ3n) is 2.76.